The molecule has 0 bridgehead atoms. The van der Waals surface area contributed by atoms with Crippen LogP contribution in [0, 0.1) is 6.92 Å². The Morgan fingerprint density at radius 3 is 2.54 bits per heavy atom. The smallest absolute Gasteiger partial charge is 0.126 e. The molecule has 1 aliphatic carbocycles. The van der Waals surface area contributed by atoms with Gasteiger partial charge in [-0.05, 0) is 70.1 Å². The molecular formula is C25H31N3. The van der Waals surface area contributed by atoms with Crippen molar-refractivity contribution >= 4 is 18.1 Å². The molecular weight excluding hydrogens is 342 g/mol. The van der Waals surface area contributed by atoms with Gasteiger partial charge in [0.25, 0.3) is 0 Å². The number of hydrogen-bond donors (Lipinski definition) is 1. The number of benzene rings is 2. The molecule has 146 valence electrons. The fourth-order valence-electron chi connectivity index (χ4n) is 4.23. The molecule has 0 amide bonds. The summed E-state index contributed by atoms with van der Waals surface area (Å²) in [6.07, 6.45) is 3.05. The quantitative estimate of drug-likeness (QED) is 0.405. The minimum absolute atomic E-state index is 0.246. The first-order valence-electron chi connectivity index (χ1n) is 9.94. The molecule has 1 atom stereocenters. The van der Waals surface area contributed by atoms with Crippen LogP contribution in [0.3, 0.4) is 0 Å². The maximum atomic E-state index is 5.82. The van der Waals surface area contributed by atoms with Crippen LogP contribution in [0.5, 0.6) is 0 Å². The van der Waals surface area contributed by atoms with E-state index in [0.29, 0.717) is 18.2 Å². The van der Waals surface area contributed by atoms with Crippen molar-refractivity contribution in [3.8, 4) is 0 Å². The summed E-state index contributed by atoms with van der Waals surface area (Å²) in [7, 11) is 0. The Kier molecular flexibility index (Phi) is 5.55. The molecule has 2 aromatic carbocycles. The van der Waals surface area contributed by atoms with Gasteiger partial charge in [-0.25, -0.2) is 0 Å². The van der Waals surface area contributed by atoms with Crippen LogP contribution in [0.1, 0.15) is 72.9 Å². The van der Waals surface area contributed by atoms with E-state index in [4.69, 9.17) is 5.73 Å². The lowest BCUT2D eigenvalue weighted by Gasteiger charge is -2.37. The zero-order chi connectivity index (χ0) is 20.5. The molecule has 3 nitrogen and oxygen atoms in total. The van der Waals surface area contributed by atoms with Gasteiger partial charge in [0.05, 0.1) is 0 Å². The summed E-state index contributed by atoms with van der Waals surface area (Å²) < 4.78 is 0. The highest BCUT2D eigenvalue weighted by molar-refractivity contribution is 5.83. The molecule has 1 unspecified atom stereocenters. The first kappa shape index (κ1) is 20.1. The summed E-state index contributed by atoms with van der Waals surface area (Å²) in [5.74, 6) is 1.06. The highest BCUT2D eigenvalue weighted by Gasteiger charge is 2.31. The second-order valence-corrected chi connectivity index (χ2v) is 8.66. The fraction of sp³-hybridized carbons (Fsp3) is 0.360. The molecule has 0 saturated heterocycles. The van der Waals surface area contributed by atoms with E-state index in [9.17, 15) is 0 Å². The summed E-state index contributed by atoms with van der Waals surface area (Å²) in [6.45, 7) is 17.0. The van der Waals surface area contributed by atoms with Gasteiger partial charge in [0.15, 0.2) is 0 Å². The van der Waals surface area contributed by atoms with E-state index in [2.05, 4.69) is 87.6 Å². The fourth-order valence-corrected chi connectivity index (χ4v) is 4.23. The molecule has 2 aromatic rings. The summed E-state index contributed by atoms with van der Waals surface area (Å²) in [5.41, 5.74) is 14.9. The van der Waals surface area contributed by atoms with Gasteiger partial charge < -0.3 is 5.73 Å². The minimum Gasteiger partial charge on any atom is -0.385 e. The second kappa shape index (κ2) is 7.75. The molecule has 0 aromatic heterocycles. The van der Waals surface area contributed by atoms with Crippen LogP contribution in [0.15, 0.2) is 53.2 Å². The third-order valence-corrected chi connectivity index (χ3v) is 6.07. The van der Waals surface area contributed by atoms with Gasteiger partial charge in [-0.1, -0.05) is 63.7 Å². The Labute approximate surface area is 169 Å². The Balaban J connectivity index is 1.92. The Morgan fingerprint density at radius 2 is 1.89 bits per heavy atom. The van der Waals surface area contributed by atoms with Crippen LogP contribution < -0.4 is 5.73 Å². The molecule has 2 N–H and O–H groups in total. The van der Waals surface area contributed by atoms with Crippen molar-refractivity contribution in [2.24, 2.45) is 15.9 Å². The molecule has 0 fully saturated rings. The average molecular weight is 374 g/mol. The van der Waals surface area contributed by atoms with Crippen LogP contribution in [0.25, 0.3) is 5.57 Å². The van der Waals surface area contributed by atoms with Crippen molar-refractivity contribution in [1.82, 2.24) is 0 Å². The standard InChI is InChI=1S/C25H31N3/c1-16-11-12-25(4,5)23-13-17(2)21(15-22(16)23)18(3)20-9-7-19(8-10-20)14-24(26)28-27-6/h7-10,13,15-16H,3,6,11-12,14H2,1-2,4-5H3,(H2,26,28). The van der Waals surface area contributed by atoms with Gasteiger partial charge in [0.1, 0.15) is 5.84 Å². The molecule has 0 aliphatic heterocycles. The Bertz CT molecular complexity index is 933. The predicted octanol–water partition coefficient (Wildman–Crippen LogP) is 5.75. The van der Waals surface area contributed by atoms with Gasteiger partial charge in [0.2, 0.25) is 0 Å². The highest BCUT2D eigenvalue weighted by atomic mass is 15.2. The zero-order valence-corrected chi connectivity index (χ0v) is 17.5. The summed E-state index contributed by atoms with van der Waals surface area (Å²) >= 11 is 0. The molecule has 0 heterocycles. The predicted molar refractivity (Wildman–Crippen MR) is 121 cm³/mol. The number of hydrogen-bond acceptors (Lipinski definition) is 2. The lowest BCUT2D eigenvalue weighted by molar-refractivity contribution is 0.402. The van der Waals surface area contributed by atoms with Gasteiger partial charge in [-0.2, -0.15) is 5.10 Å². The zero-order valence-electron chi connectivity index (χ0n) is 17.5. The van der Waals surface area contributed by atoms with Crippen molar-refractivity contribution in [3.05, 3.63) is 76.4 Å². The number of amidine groups is 1. The van der Waals surface area contributed by atoms with Crippen LogP contribution in [0.2, 0.25) is 0 Å². The number of nitrogens with zero attached hydrogens (tertiary/aromatic N) is 2. The first-order valence-corrected chi connectivity index (χ1v) is 9.94. The van der Waals surface area contributed by atoms with E-state index in [1.165, 1.54) is 35.1 Å². The molecule has 3 rings (SSSR count). The van der Waals surface area contributed by atoms with Crippen LogP contribution in [0.4, 0.5) is 0 Å². The molecule has 0 spiro atoms. The third kappa shape index (κ3) is 3.94. The molecule has 1 aliphatic rings. The maximum absolute atomic E-state index is 5.82. The SMILES string of the molecule is C=N/N=C(\N)Cc1ccc(C(=C)c2cc3c(cc2C)C(C)(C)CCC3C)cc1. The maximum Gasteiger partial charge on any atom is 0.126 e. The van der Waals surface area contributed by atoms with Crippen LogP contribution in [-0.2, 0) is 11.8 Å². The monoisotopic (exact) mass is 373 g/mol. The molecule has 28 heavy (non-hydrogen) atoms. The van der Waals surface area contributed by atoms with Crippen molar-refractivity contribution < 1.29 is 0 Å². The van der Waals surface area contributed by atoms with E-state index < -0.39 is 0 Å². The van der Waals surface area contributed by atoms with E-state index in [1.807, 2.05) is 0 Å². The molecule has 0 radical (unpaired) electrons. The molecule has 3 heteroatoms. The summed E-state index contributed by atoms with van der Waals surface area (Å²) in [6, 6.07) is 13.1. The van der Waals surface area contributed by atoms with Crippen molar-refractivity contribution in [1.29, 1.82) is 0 Å². The lowest BCUT2D eigenvalue weighted by Crippen LogP contribution is -2.26. The van der Waals surface area contributed by atoms with Gasteiger partial charge >= 0.3 is 0 Å². The van der Waals surface area contributed by atoms with Crippen molar-refractivity contribution in [3.63, 3.8) is 0 Å². The molecule has 0 saturated carbocycles. The van der Waals surface area contributed by atoms with Gasteiger partial charge in [0, 0.05) is 13.1 Å². The average Bonchev–Trinajstić information content (AvgIpc) is 2.65. The normalized spacial score (nSPS) is 18.4. The highest BCUT2D eigenvalue weighted by Crippen LogP contribution is 2.44. The Hall–Kier alpha value is -2.68. The van der Waals surface area contributed by atoms with E-state index in [1.54, 1.807) is 0 Å². The topological polar surface area (TPSA) is 50.7 Å². The number of aryl methyl sites for hydroxylation is 1. The number of rotatable bonds is 5. The largest absolute Gasteiger partial charge is 0.385 e. The summed E-state index contributed by atoms with van der Waals surface area (Å²) in [5, 5.41) is 7.26. The van der Waals surface area contributed by atoms with Crippen molar-refractivity contribution in [2.75, 3.05) is 0 Å². The number of fused-ring (bicyclic) bond motifs is 1. The van der Waals surface area contributed by atoms with Gasteiger partial charge in [-0.3, -0.25) is 0 Å². The second-order valence-electron chi connectivity index (χ2n) is 8.66. The van der Waals surface area contributed by atoms with Crippen LogP contribution >= 0.6 is 0 Å². The van der Waals surface area contributed by atoms with E-state index >= 15 is 0 Å². The van der Waals surface area contributed by atoms with E-state index in [0.717, 1.165) is 16.7 Å². The van der Waals surface area contributed by atoms with E-state index in [-0.39, 0.29) is 5.41 Å². The first-order chi connectivity index (χ1) is 13.2. The lowest BCUT2D eigenvalue weighted by atomic mass is 9.68. The van der Waals surface area contributed by atoms with Crippen LogP contribution in [-0.4, -0.2) is 12.6 Å². The van der Waals surface area contributed by atoms with Crippen molar-refractivity contribution in [2.45, 2.75) is 58.3 Å². The van der Waals surface area contributed by atoms with Gasteiger partial charge in [-0.15, -0.1) is 5.10 Å². The number of nitrogens with two attached hydrogens (primary N) is 1. The summed E-state index contributed by atoms with van der Waals surface area (Å²) in [4.78, 5) is 0. The third-order valence-electron chi connectivity index (χ3n) is 6.07. The Morgan fingerprint density at radius 1 is 1.21 bits per heavy atom. The minimum atomic E-state index is 0.246.